The number of rotatable bonds is 1. The van der Waals surface area contributed by atoms with Crippen LogP contribution in [0.5, 0.6) is 0 Å². The van der Waals surface area contributed by atoms with Crippen LogP contribution in [0.15, 0.2) is 0 Å². The van der Waals surface area contributed by atoms with E-state index in [1.54, 1.807) is 13.8 Å². The van der Waals surface area contributed by atoms with Crippen LogP contribution in [0.4, 0.5) is 0 Å². The van der Waals surface area contributed by atoms with Gasteiger partial charge in [0.1, 0.15) is 0 Å². The summed E-state index contributed by atoms with van der Waals surface area (Å²) in [6.45, 7) is 7.35. The first-order valence-corrected chi connectivity index (χ1v) is 6.27. The van der Waals surface area contributed by atoms with Gasteiger partial charge in [-0.2, -0.15) is 0 Å². The van der Waals surface area contributed by atoms with Crippen molar-refractivity contribution in [2.45, 2.75) is 52.7 Å². The molecule has 1 saturated heterocycles. The molecule has 0 aromatic heterocycles. The number of hydrogen-bond acceptors (Lipinski definition) is 4. The van der Waals surface area contributed by atoms with Crippen molar-refractivity contribution < 1.29 is 19.1 Å². The van der Waals surface area contributed by atoms with Crippen LogP contribution in [0.2, 0.25) is 0 Å². The molecule has 0 bridgehead atoms. The summed E-state index contributed by atoms with van der Waals surface area (Å²) in [5, 5.41) is 0. The van der Waals surface area contributed by atoms with E-state index in [1.807, 2.05) is 0 Å². The summed E-state index contributed by atoms with van der Waals surface area (Å²) in [5.74, 6) is -1.16. The molecule has 0 aromatic rings. The van der Waals surface area contributed by atoms with Crippen LogP contribution in [-0.2, 0) is 19.1 Å². The molecule has 17 heavy (non-hydrogen) atoms. The molecule has 0 amide bonds. The van der Waals surface area contributed by atoms with Crippen LogP contribution in [-0.4, -0.2) is 17.7 Å². The molecule has 2 atom stereocenters. The van der Waals surface area contributed by atoms with Gasteiger partial charge in [0.15, 0.2) is 5.41 Å². The molecule has 1 saturated carbocycles. The van der Waals surface area contributed by atoms with Crippen LogP contribution in [0.25, 0.3) is 0 Å². The summed E-state index contributed by atoms with van der Waals surface area (Å²) in [6, 6.07) is 0. The highest BCUT2D eigenvalue weighted by Gasteiger charge is 2.60. The second-order valence-electron chi connectivity index (χ2n) is 5.81. The Balaban J connectivity index is 2.27. The Labute approximate surface area is 102 Å². The summed E-state index contributed by atoms with van der Waals surface area (Å²) >= 11 is 0. The van der Waals surface area contributed by atoms with Gasteiger partial charge in [0.25, 0.3) is 5.79 Å². The van der Waals surface area contributed by atoms with E-state index in [2.05, 4.69) is 13.8 Å². The molecule has 2 aliphatic rings. The number of hydrogen-bond donors (Lipinski definition) is 0. The summed E-state index contributed by atoms with van der Waals surface area (Å²) in [4.78, 5) is 24.3. The van der Waals surface area contributed by atoms with Gasteiger partial charge in [-0.25, -0.2) is 0 Å². The van der Waals surface area contributed by atoms with Crippen LogP contribution in [0.1, 0.15) is 47.0 Å². The van der Waals surface area contributed by atoms with E-state index in [1.165, 1.54) is 0 Å². The first kappa shape index (κ1) is 12.4. The Hall–Kier alpha value is -1.06. The average Bonchev–Trinajstić information content (AvgIpc) is 2.53. The van der Waals surface area contributed by atoms with Crippen LogP contribution >= 0.6 is 0 Å². The van der Waals surface area contributed by atoms with E-state index in [9.17, 15) is 9.59 Å². The number of ether oxygens (including phenoxy) is 2. The molecule has 2 rings (SSSR count). The number of carbonyl (C=O) groups excluding carboxylic acids is 2. The molecule has 0 N–H and O–H groups in total. The molecule has 0 aromatic carbocycles. The summed E-state index contributed by atoms with van der Waals surface area (Å²) in [6.07, 6.45) is 2.10. The van der Waals surface area contributed by atoms with E-state index in [-0.39, 0.29) is 0 Å². The van der Waals surface area contributed by atoms with Gasteiger partial charge in [-0.3, -0.25) is 9.59 Å². The Morgan fingerprint density at radius 1 is 1.18 bits per heavy atom. The second-order valence-corrected chi connectivity index (χ2v) is 5.81. The third kappa shape index (κ3) is 1.83. The van der Waals surface area contributed by atoms with Crippen molar-refractivity contribution in [2.75, 3.05) is 0 Å². The summed E-state index contributed by atoms with van der Waals surface area (Å²) in [5.41, 5.74) is -1.03. The molecule has 4 nitrogen and oxygen atoms in total. The molecule has 0 unspecified atom stereocenters. The third-order valence-corrected chi connectivity index (χ3v) is 4.07. The monoisotopic (exact) mass is 240 g/mol. The fourth-order valence-corrected chi connectivity index (χ4v) is 3.07. The lowest BCUT2D eigenvalue weighted by Gasteiger charge is -2.38. The number of carbonyl (C=O) groups is 2. The molecule has 1 aliphatic carbocycles. The van der Waals surface area contributed by atoms with Crippen molar-refractivity contribution in [3.8, 4) is 0 Å². The van der Waals surface area contributed by atoms with E-state index in [4.69, 9.17) is 9.47 Å². The third-order valence-electron chi connectivity index (χ3n) is 4.07. The van der Waals surface area contributed by atoms with Gasteiger partial charge in [-0.05, 0) is 24.7 Å². The molecule has 96 valence electrons. The zero-order valence-corrected chi connectivity index (χ0v) is 10.9. The average molecular weight is 240 g/mol. The lowest BCUT2D eigenvalue weighted by Crippen LogP contribution is -2.52. The first-order valence-electron chi connectivity index (χ1n) is 6.27. The Morgan fingerprint density at radius 2 is 1.71 bits per heavy atom. The quantitative estimate of drug-likeness (QED) is 0.521. The smallest absolute Gasteiger partial charge is 0.326 e. The zero-order valence-electron chi connectivity index (χ0n) is 10.9. The Bertz CT molecular complexity index is 338. The summed E-state index contributed by atoms with van der Waals surface area (Å²) in [7, 11) is 0. The van der Waals surface area contributed by atoms with Gasteiger partial charge in [0.05, 0.1) is 0 Å². The van der Waals surface area contributed by atoms with Crippen molar-refractivity contribution in [1.29, 1.82) is 0 Å². The topological polar surface area (TPSA) is 52.6 Å². The molecule has 1 aliphatic heterocycles. The van der Waals surface area contributed by atoms with Gasteiger partial charge < -0.3 is 9.47 Å². The minimum Gasteiger partial charge on any atom is -0.422 e. The highest BCUT2D eigenvalue weighted by Crippen LogP contribution is 2.51. The standard InChI is InChI=1S/C13H20O4/c1-5-9-7-13(6-8(9)2)10(14)16-12(3,4)17-11(13)15/h8-9H,5-7H2,1-4H3/t8-,9-/m1/s1. The zero-order chi connectivity index (χ0) is 12.8. The van der Waals surface area contributed by atoms with Crippen molar-refractivity contribution >= 4 is 11.9 Å². The predicted molar refractivity (Wildman–Crippen MR) is 60.9 cm³/mol. The first-order chi connectivity index (χ1) is 7.81. The molecular weight excluding hydrogens is 220 g/mol. The normalized spacial score (nSPS) is 34.6. The maximum Gasteiger partial charge on any atom is 0.326 e. The maximum absolute atomic E-state index is 12.1. The molecular formula is C13H20O4. The lowest BCUT2D eigenvalue weighted by molar-refractivity contribution is -0.250. The SMILES string of the molecule is CC[C@@H]1CC2(C[C@H]1C)C(=O)OC(C)(C)OC2=O. The number of esters is 2. The van der Waals surface area contributed by atoms with E-state index in [0.29, 0.717) is 24.7 Å². The largest absolute Gasteiger partial charge is 0.422 e. The van der Waals surface area contributed by atoms with Crippen molar-refractivity contribution in [3.05, 3.63) is 0 Å². The predicted octanol–water partition coefficient (Wildman–Crippen LogP) is 2.27. The molecule has 1 heterocycles. The fraction of sp³-hybridized carbons (Fsp3) is 0.846. The van der Waals surface area contributed by atoms with E-state index < -0.39 is 23.1 Å². The van der Waals surface area contributed by atoms with E-state index >= 15 is 0 Å². The summed E-state index contributed by atoms with van der Waals surface area (Å²) < 4.78 is 10.5. The molecule has 4 heteroatoms. The Kier molecular flexibility index (Phi) is 2.71. The van der Waals surface area contributed by atoms with Crippen LogP contribution in [0, 0.1) is 17.3 Å². The van der Waals surface area contributed by atoms with Crippen molar-refractivity contribution in [2.24, 2.45) is 17.3 Å². The number of cyclic esters (lactones) is 2. The van der Waals surface area contributed by atoms with Gasteiger partial charge in [0.2, 0.25) is 0 Å². The van der Waals surface area contributed by atoms with Gasteiger partial charge in [0, 0.05) is 13.8 Å². The van der Waals surface area contributed by atoms with Crippen molar-refractivity contribution in [1.82, 2.24) is 0 Å². The maximum atomic E-state index is 12.1. The minimum absolute atomic E-state index is 0.362. The minimum atomic E-state index is -1.12. The highest BCUT2D eigenvalue weighted by molar-refractivity contribution is 6.02. The van der Waals surface area contributed by atoms with Gasteiger partial charge >= 0.3 is 11.9 Å². The van der Waals surface area contributed by atoms with E-state index in [0.717, 1.165) is 6.42 Å². The van der Waals surface area contributed by atoms with Gasteiger partial charge in [-0.15, -0.1) is 0 Å². The van der Waals surface area contributed by atoms with Crippen molar-refractivity contribution in [3.63, 3.8) is 0 Å². The molecule has 0 radical (unpaired) electrons. The highest BCUT2D eigenvalue weighted by atomic mass is 16.7. The molecule has 2 fully saturated rings. The Morgan fingerprint density at radius 3 is 2.12 bits per heavy atom. The van der Waals surface area contributed by atoms with Crippen LogP contribution in [0.3, 0.4) is 0 Å². The molecule has 1 spiro atoms. The van der Waals surface area contributed by atoms with Crippen LogP contribution < -0.4 is 0 Å². The fourth-order valence-electron chi connectivity index (χ4n) is 3.07. The lowest BCUT2D eigenvalue weighted by atomic mass is 9.84. The van der Waals surface area contributed by atoms with Gasteiger partial charge in [-0.1, -0.05) is 20.3 Å². The second kappa shape index (κ2) is 3.72.